The van der Waals surface area contributed by atoms with E-state index in [9.17, 15) is 15.0 Å². The summed E-state index contributed by atoms with van der Waals surface area (Å²) in [5.41, 5.74) is -1.84. The van der Waals surface area contributed by atoms with Gasteiger partial charge in [-0.1, -0.05) is 13.8 Å². The maximum absolute atomic E-state index is 15.3. The minimum absolute atomic E-state index is 0.00666. The second-order valence-corrected chi connectivity index (χ2v) is 10.1. The van der Waals surface area contributed by atoms with E-state index in [1.807, 2.05) is 0 Å². The molecule has 25 heavy (non-hydrogen) atoms. The summed E-state index contributed by atoms with van der Waals surface area (Å²) in [6.45, 7) is 6.04. The molecular weight excluding hydrogens is 319 g/mol. The van der Waals surface area contributed by atoms with Gasteiger partial charge >= 0.3 is 0 Å². The van der Waals surface area contributed by atoms with Crippen LogP contribution < -0.4 is 0 Å². The van der Waals surface area contributed by atoms with E-state index in [0.717, 1.165) is 25.7 Å². The van der Waals surface area contributed by atoms with E-state index in [0.29, 0.717) is 36.9 Å². The van der Waals surface area contributed by atoms with E-state index >= 15 is 4.39 Å². The Morgan fingerprint density at radius 2 is 1.80 bits per heavy atom. The molecular formula is C21H33FO3. The van der Waals surface area contributed by atoms with Crippen molar-refractivity contribution in [1.29, 1.82) is 0 Å². The number of Topliss-reactive ketones (excluding diaryl/α,β-unsaturated/α-hetero) is 1. The van der Waals surface area contributed by atoms with E-state index in [1.165, 1.54) is 0 Å². The topological polar surface area (TPSA) is 57.5 Å². The molecule has 3 nitrogen and oxygen atoms in total. The molecule has 0 unspecified atom stereocenters. The Kier molecular flexibility index (Phi) is 3.95. The standard InChI is InChI=1S/C21H33FO3/c1-12(23)15-4-5-16-14-10-18(22)21(25)11-13(24)6-9-20(21,3)17(14)7-8-19(15,16)2/h13-18,24-25H,4-11H2,1-3H3/t13-,14-,15+,16-,17-,18+,19+,20+,21-/m0/s1. The van der Waals surface area contributed by atoms with Crippen molar-refractivity contribution >= 4 is 5.78 Å². The van der Waals surface area contributed by atoms with Gasteiger partial charge in [-0.2, -0.15) is 0 Å². The van der Waals surface area contributed by atoms with Crippen molar-refractivity contribution in [3.05, 3.63) is 0 Å². The molecule has 4 heteroatoms. The molecule has 4 aliphatic rings. The Morgan fingerprint density at radius 1 is 1.08 bits per heavy atom. The fourth-order valence-electron chi connectivity index (χ4n) is 7.88. The fourth-order valence-corrected chi connectivity index (χ4v) is 7.88. The molecule has 142 valence electrons. The molecule has 0 aliphatic heterocycles. The monoisotopic (exact) mass is 352 g/mol. The van der Waals surface area contributed by atoms with Gasteiger partial charge in [0.05, 0.1) is 6.10 Å². The lowest BCUT2D eigenvalue weighted by Crippen LogP contribution is -2.67. The van der Waals surface area contributed by atoms with Crippen molar-refractivity contribution < 1.29 is 19.4 Å². The summed E-state index contributed by atoms with van der Waals surface area (Å²) in [6.07, 6.45) is 4.01. The van der Waals surface area contributed by atoms with Gasteiger partial charge in [0.15, 0.2) is 0 Å². The second kappa shape index (κ2) is 5.51. The van der Waals surface area contributed by atoms with E-state index in [2.05, 4.69) is 13.8 Å². The van der Waals surface area contributed by atoms with Crippen molar-refractivity contribution in [3.63, 3.8) is 0 Å². The van der Waals surface area contributed by atoms with Gasteiger partial charge in [-0.15, -0.1) is 0 Å². The van der Waals surface area contributed by atoms with E-state index < -0.39 is 23.3 Å². The summed E-state index contributed by atoms with van der Waals surface area (Å²) in [7, 11) is 0. The summed E-state index contributed by atoms with van der Waals surface area (Å²) in [6, 6.07) is 0. The largest absolute Gasteiger partial charge is 0.393 e. The van der Waals surface area contributed by atoms with Gasteiger partial charge in [0.1, 0.15) is 17.6 Å². The number of hydrogen-bond donors (Lipinski definition) is 2. The SMILES string of the molecule is CC(=O)[C@H]1CC[C@H]2[C@@H]3C[C@@H](F)[C@@]4(O)C[C@@H](O)CC[C@]4(C)[C@H]3CC[C@]12C. The molecule has 4 rings (SSSR count). The summed E-state index contributed by atoms with van der Waals surface area (Å²) in [5.74, 6) is 1.38. The number of aliphatic hydroxyl groups excluding tert-OH is 1. The maximum atomic E-state index is 15.3. The van der Waals surface area contributed by atoms with Crippen LogP contribution in [-0.2, 0) is 4.79 Å². The van der Waals surface area contributed by atoms with Gasteiger partial charge in [0.2, 0.25) is 0 Å². The highest BCUT2D eigenvalue weighted by Gasteiger charge is 2.68. The molecule has 0 aromatic carbocycles. The van der Waals surface area contributed by atoms with Gasteiger partial charge in [-0.05, 0) is 75.0 Å². The Hall–Kier alpha value is -0.480. The highest BCUT2D eigenvalue weighted by Crippen LogP contribution is 2.68. The lowest BCUT2D eigenvalue weighted by Gasteiger charge is -2.64. The number of aliphatic hydroxyl groups is 2. The van der Waals surface area contributed by atoms with Gasteiger partial charge in [0, 0.05) is 17.8 Å². The van der Waals surface area contributed by atoms with Gasteiger partial charge < -0.3 is 10.2 Å². The minimum Gasteiger partial charge on any atom is -0.393 e. The zero-order chi connectivity index (χ0) is 18.2. The van der Waals surface area contributed by atoms with Crippen molar-refractivity contribution in [2.45, 2.75) is 90.0 Å². The zero-order valence-corrected chi connectivity index (χ0v) is 15.8. The van der Waals surface area contributed by atoms with Crippen molar-refractivity contribution in [2.24, 2.45) is 34.5 Å². The minimum atomic E-state index is -1.39. The van der Waals surface area contributed by atoms with Crippen LogP contribution in [0.15, 0.2) is 0 Å². The molecule has 0 radical (unpaired) electrons. The Bertz CT molecular complexity index is 579. The lowest BCUT2D eigenvalue weighted by molar-refractivity contribution is -0.249. The summed E-state index contributed by atoms with van der Waals surface area (Å²) in [5, 5.41) is 21.3. The number of carbonyl (C=O) groups is 1. The molecule has 9 atom stereocenters. The second-order valence-electron chi connectivity index (χ2n) is 10.1. The molecule has 0 spiro atoms. The number of carbonyl (C=O) groups excluding carboxylic acids is 1. The van der Waals surface area contributed by atoms with Crippen LogP contribution in [0.1, 0.15) is 72.1 Å². The molecule has 0 aromatic heterocycles. The molecule has 4 aliphatic carbocycles. The number of halogens is 1. The first-order valence-corrected chi connectivity index (χ1v) is 10.2. The van der Waals surface area contributed by atoms with Crippen molar-refractivity contribution in [1.82, 2.24) is 0 Å². The lowest BCUT2D eigenvalue weighted by atomic mass is 9.42. The molecule has 4 saturated carbocycles. The van der Waals surface area contributed by atoms with E-state index in [1.54, 1.807) is 6.92 Å². The smallest absolute Gasteiger partial charge is 0.133 e. The number of hydrogen-bond acceptors (Lipinski definition) is 3. The predicted molar refractivity (Wildman–Crippen MR) is 93.6 cm³/mol. The van der Waals surface area contributed by atoms with Gasteiger partial charge in [-0.25, -0.2) is 4.39 Å². The Morgan fingerprint density at radius 3 is 2.48 bits per heavy atom. The molecule has 4 fully saturated rings. The number of fused-ring (bicyclic) bond motifs is 5. The van der Waals surface area contributed by atoms with Crippen LogP contribution >= 0.6 is 0 Å². The number of rotatable bonds is 1. The van der Waals surface area contributed by atoms with Crippen LogP contribution in [0.5, 0.6) is 0 Å². The van der Waals surface area contributed by atoms with Gasteiger partial charge in [0.25, 0.3) is 0 Å². The molecule has 0 bridgehead atoms. The van der Waals surface area contributed by atoms with Crippen LogP contribution in [0.2, 0.25) is 0 Å². The first-order valence-electron chi connectivity index (χ1n) is 10.2. The van der Waals surface area contributed by atoms with Crippen LogP contribution in [-0.4, -0.2) is 33.9 Å². The van der Waals surface area contributed by atoms with E-state index in [-0.39, 0.29) is 23.7 Å². The highest BCUT2D eigenvalue weighted by molar-refractivity contribution is 5.79. The normalized spacial score (nSPS) is 58.2. The van der Waals surface area contributed by atoms with Crippen LogP contribution in [0.3, 0.4) is 0 Å². The Labute approximate surface area is 150 Å². The van der Waals surface area contributed by atoms with Crippen molar-refractivity contribution in [2.75, 3.05) is 0 Å². The molecule has 0 aromatic rings. The predicted octanol–water partition coefficient (Wildman–Crippen LogP) is 3.66. The number of ketones is 1. The average Bonchev–Trinajstić information content (AvgIpc) is 2.88. The van der Waals surface area contributed by atoms with Gasteiger partial charge in [-0.3, -0.25) is 4.79 Å². The van der Waals surface area contributed by atoms with Crippen molar-refractivity contribution in [3.8, 4) is 0 Å². The highest BCUT2D eigenvalue weighted by atomic mass is 19.1. The molecule has 2 N–H and O–H groups in total. The average molecular weight is 352 g/mol. The fraction of sp³-hybridized carbons (Fsp3) is 0.952. The Balaban J connectivity index is 1.69. The first-order chi connectivity index (χ1) is 11.6. The third-order valence-corrected chi connectivity index (χ3v) is 9.28. The third-order valence-electron chi connectivity index (χ3n) is 9.28. The summed E-state index contributed by atoms with van der Waals surface area (Å²) in [4.78, 5) is 12.2. The first kappa shape index (κ1) is 17.9. The summed E-state index contributed by atoms with van der Waals surface area (Å²) >= 11 is 0. The van der Waals surface area contributed by atoms with Crippen LogP contribution in [0.25, 0.3) is 0 Å². The zero-order valence-electron chi connectivity index (χ0n) is 15.8. The maximum Gasteiger partial charge on any atom is 0.133 e. The van der Waals surface area contributed by atoms with E-state index in [4.69, 9.17) is 0 Å². The quantitative estimate of drug-likeness (QED) is 0.757. The molecule has 0 amide bonds. The third kappa shape index (κ3) is 2.19. The number of alkyl halides is 1. The van der Waals surface area contributed by atoms with Crippen LogP contribution in [0.4, 0.5) is 4.39 Å². The summed E-state index contributed by atoms with van der Waals surface area (Å²) < 4.78 is 15.3. The molecule has 0 heterocycles. The van der Waals surface area contributed by atoms with Crippen LogP contribution in [0, 0.1) is 34.5 Å². The molecule has 0 saturated heterocycles.